The van der Waals surface area contributed by atoms with Crippen molar-refractivity contribution in [2.75, 3.05) is 18.0 Å². The summed E-state index contributed by atoms with van der Waals surface area (Å²) in [5, 5.41) is 1.65. The number of aromatic nitrogens is 2. The first-order valence-corrected chi connectivity index (χ1v) is 8.66. The zero-order valence-electron chi connectivity index (χ0n) is 12.1. The van der Waals surface area contributed by atoms with E-state index < -0.39 is 0 Å². The second-order valence-electron chi connectivity index (χ2n) is 5.34. The molecule has 0 aliphatic heterocycles. The predicted octanol–water partition coefficient (Wildman–Crippen LogP) is 4.46. The lowest BCUT2D eigenvalue weighted by Crippen LogP contribution is -2.26. The molecule has 3 nitrogen and oxygen atoms in total. The first-order valence-electron chi connectivity index (χ1n) is 7.47. The van der Waals surface area contributed by atoms with E-state index in [-0.39, 0.29) is 0 Å². The van der Waals surface area contributed by atoms with Crippen LogP contribution in [0.25, 0.3) is 10.2 Å². The Morgan fingerprint density at radius 2 is 1.90 bits per heavy atom. The van der Waals surface area contributed by atoms with Crippen molar-refractivity contribution in [2.24, 2.45) is 0 Å². The van der Waals surface area contributed by atoms with Crippen molar-refractivity contribution in [3.05, 3.63) is 15.7 Å². The van der Waals surface area contributed by atoms with Crippen LogP contribution in [0.2, 0.25) is 5.28 Å². The van der Waals surface area contributed by atoms with Gasteiger partial charge in [-0.2, -0.15) is 4.98 Å². The quantitative estimate of drug-likeness (QED) is 0.764. The molecule has 0 bridgehead atoms. The molecule has 20 heavy (non-hydrogen) atoms. The standard InChI is InChI=1S/C15H20ClN3S/c1-3-8-19(9-4-2)13-12-10-6-5-7-11(10)20-14(12)18-15(16)17-13/h3-9H2,1-2H3. The number of fused-ring (bicyclic) bond motifs is 3. The first-order chi connectivity index (χ1) is 9.74. The average Bonchev–Trinajstić information content (AvgIpc) is 2.97. The molecule has 5 heteroatoms. The topological polar surface area (TPSA) is 29.0 Å². The molecule has 3 rings (SSSR count). The molecule has 0 amide bonds. The minimum absolute atomic E-state index is 0.379. The third kappa shape index (κ3) is 2.40. The van der Waals surface area contributed by atoms with Gasteiger partial charge in [-0.25, -0.2) is 4.98 Å². The molecule has 0 atom stereocenters. The van der Waals surface area contributed by atoms with Gasteiger partial charge in [0.2, 0.25) is 5.28 Å². The fourth-order valence-electron chi connectivity index (χ4n) is 3.04. The number of thiophene rings is 1. The van der Waals surface area contributed by atoms with Crippen LogP contribution in [-0.4, -0.2) is 23.1 Å². The molecular formula is C15H20ClN3S. The van der Waals surface area contributed by atoms with Crippen molar-refractivity contribution in [1.82, 2.24) is 9.97 Å². The summed E-state index contributed by atoms with van der Waals surface area (Å²) in [4.78, 5) is 14.0. The first kappa shape index (κ1) is 14.1. The van der Waals surface area contributed by atoms with E-state index in [9.17, 15) is 0 Å². The van der Waals surface area contributed by atoms with E-state index in [1.54, 1.807) is 11.3 Å². The number of aryl methyl sites for hydroxylation is 2. The lowest BCUT2D eigenvalue weighted by Gasteiger charge is -2.23. The second-order valence-corrected chi connectivity index (χ2v) is 6.76. The number of anilines is 1. The number of halogens is 1. The van der Waals surface area contributed by atoms with Crippen LogP contribution >= 0.6 is 22.9 Å². The third-order valence-electron chi connectivity index (χ3n) is 3.80. The minimum atomic E-state index is 0.379. The highest BCUT2D eigenvalue weighted by molar-refractivity contribution is 7.19. The van der Waals surface area contributed by atoms with E-state index in [2.05, 4.69) is 28.7 Å². The molecule has 0 unspecified atom stereocenters. The summed E-state index contributed by atoms with van der Waals surface area (Å²) >= 11 is 7.95. The van der Waals surface area contributed by atoms with Crippen LogP contribution in [0.1, 0.15) is 43.6 Å². The van der Waals surface area contributed by atoms with Gasteiger partial charge in [0.25, 0.3) is 0 Å². The number of hydrogen-bond acceptors (Lipinski definition) is 4. The molecule has 0 saturated heterocycles. The molecular weight excluding hydrogens is 290 g/mol. The Labute approximate surface area is 129 Å². The Bertz CT molecular complexity index is 617. The van der Waals surface area contributed by atoms with Gasteiger partial charge >= 0.3 is 0 Å². The van der Waals surface area contributed by atoms with Crippen molar-refractivity contribution < 1.29 is 0 Å². The molecule has 1 aliphatic rings. The highest BCUT2D eigenvalue weighted by Crippen LogP contribution is 2.41. The highest BCUT2D eigenvalue weighted by atomic mass is 35.5. The number of rotatable bonds is 5. The van der Waals surface area contributed by atoms with Gasteiger partial charge in [0.15, 0.2) is 0 Å². The van der Waals surface area contributed by atoms with E-state index >= 15 is 0 Å². The van der Waals surface area contributed by atoms with Gasteiger partial charge in [-0.05, 0) is 49.3 Å². The van der Waals surface area contributed by atoms with E-state index in [0.717, 1.165) is 36.6 Å². The molecule has 0 radical (unpaired) electrons. The minimum Gasteiger partial charge on any atom is -0.356 e. The normalized spacial score (nSPS) is 13.9. The zero-order valence-corrected chi connectivity index (χ0v) is 13.7. The molecule has 2 heterocycles. The van der Waals surface area contributed by atoms with Gasteiger partial charge in [-0.15, -0.1) is 11.3 Å². The van der Waals surface area contributed by atoms with Crippen LogP contribution in [-0.2, 0) is 12.8 Å². The van der Waals surface area contributed by atoms with E-state index in [4.69, 9.17) is 11.6 Å². The average molecular weight is 310 g/mol. The molecule has 0 spiro atoms. The van der Waals surface area contributed by atoms with Gasteiger partial charge in [-0.3, -0.25) is 0 Å². The lowest BCUT2D eigenvalue weighted by atomic mass is 10.1. The smallest absolute Gasteiger partial charge is 0.225 e. The summed E-state index contributed by atoms with van der Waals surface area (Å²) < 4.78 is 0. The van der Waals surface area contributed by atoms with Crippen LogP contribution < -0.4 is 4.90 Å². The lowest BCUT2D eigenvalue weighted by molar-refractivity contribution is 0.736. The zero-order chi connectivity index (χ0) is 14.1. The Morgan fingerprint density at radius 3 is 2.60 bits per heavy atom. The summed E-state index contributed by atoms with van der Waals surface area (Å²) in [5.41, 5.74) is 1.48. The maximum Gasteiger partial charge on any atom is 0.225 e. The summed E-state index contributed by atoms with van der Waals surface area (Å²) in [5.74, 6) is 1.06. The van der Waals surface area contributed by atoms with E-state index in [1.165, 1.54) is 35.1 Å². The fourth-order valence-corrected chi connectivity index (χ4v) is 4.51. The molecule has 0 aromatic carbocycles. The molecule has 0 fully saturated rings. The molecule has 2 aromatic heterocycles. The molecule has 2 aromatic rings. The van der Waals surface area contributed by atoms with E-state index in [0.29, 0.717) is 5.28 Å². The van der Waals surface area contributed by atoms with Gasteiger partial charge in [-0.1, -0.05) is 13.8 Å². The largest absolute Gasteiger partial charge is 0.356 e. The maximum atomic E-state index is 6.15. The Morgan fingerprint density at radius 1 is 1.15 bits per heavy atom. The van der Waals surface area contributed by atoms with Crippen LogP contribution in [0, 0.1) is 0 Å². The van der Waals surface area contributed by atoms with Crippen LogP contribution in [0.4, 0.5) is 5.82 Å². The van der Waals surface area contributed by atoms with Crippen molar-refractivity contribution >= 4 is 39.0 Å². The molecule has 0 N–H and O–H groups in total. The maximum absolute atomic E-state index is 6.15. The van der Waals surface area contributed by atoms with Gasteiger partial charge in [0.05, 0.1) is 5.39 Å². The van der Waals surface area contributed by atoms with Crippen LogP contribution in [0.3, 0.4) is 0 Å². The monoisotopic (exact) mass is 309 g/mol. The Hall–Kier alpha value is -0.870. The van der Waals surface area contributed by atoms with Crippen LogP contribution in [0.15, 0.2) is 0 Å². The summed E-state index contributed by atoms with van der Waals surface area (Å²) in [6.07, 6.45) is 5.86. The number of hydrogen-bond donors (Lipinski definition) is 0. The van der Waals surface area contributed by atoms with Crippen molar-refractivity contribution in [3.63, 3.8) is 0 Å². The third-order valence-corrected chi connectivity index (χ3v) is 5.16. The van der Waals surface area contributed by atoms with Crippen LogP contribution in [0.5, 0.6) is 0 Å². The molecule has 0 saturated carbocycles. The second kappa shape index (κ2) is 5.86. The van der Waals surface area contributed by atoms with Crippen molar-refractivity contribution in [1.29, 1.82) is 0 Å². The Balaban J connectivity index is 2.16. The van der Waals surface area contributed by atoms with E-state index in [1.807, 2.05) is 0 Å². The Kier molecular flexibility index (Phi) is 4.13. The molecule has 1 aliphatic carbocycles. The fraction of sp³-hybridized carbons (Fsp3) is 0.600. The van der Waals surface area contributed by atoms with Gasteiger partial charge in [0.1, 0.15) is 10.6 Å². The van der Waals surface area contributed by atoms with Gasteiger partial charge in [0, 0.05) is 18.0 Å². The predicted molar refractivity (Wildman–Crippen MR) is 87.2 cm³/mol. The van der Waals surface area contributed by atoms with Gasteiger partial charge < -0.3 is 4.90 Å². The summed E-state index contributed by atoms with van der Waals surface area (Å²) in [6.45, 7) is 6.48. The highest BCUT2D eigenvalue weighted by Gasteiger charge is 2.24. The van der Waals surface area contributed by atoms with Crippen molar-refractivity contribution in [3.8, 4) is 0 Å². The number of nitrogens with zero attached hydrogens (tertiary/aromatic N) is 3. The summed E-state index contributed by atoms with van der Waals surface area (Å²) in [6, 6.07) is 0. The molecule has 108 valence electrons. The summed E-state index contributed by atoms with van der Waals surface area (Å²) in [7, 11) is 0. The van der Waals surface area contributed by atoms with Crippen molar-refractivity contribution in [2.45, 2.75) is 46.0 Å². The SMILES string of the molecule is CCCN(CCC)c1nc(Cl)nc2sc3c(c12)CCC3.